The minimum Gasteiger partial charge on any atom is -0.467 e. The molecule has 122 valence electrons. The van der Waals surface area contributed by atoms with Gasteiger partial charge in [0.25, 0.3) is 5.91 Å². The van der Waals surface area contributed by atoms with Crippen LogP contribution in [0.5, 0.6) is 0 Å². The predicted octanol–water partition coefficient (Wildman–Crippen LogP) is 2.54. The van der Waals surface area contributed by atoms with Crippen molar-refractivity contribution < 1.29 is 9.21 Å². The summed E-state index contributed by atoms with van der Waals surface area (Å²) < 4.78 is 5.20. The van der Waals surface area contributed by atoms with Gasteiger partial charge in [-0.2, -0.15) is 11.8 Å². The summed E-state index contributed by atoms with van der Waals surface area (Å²) in [4.78, 5) is 14.7. The molecule has 1 aliphatic rings. The monoisotopic (exact) mass is 331 g/mol. The topological polar surface area (TPSA) is 71.5 Å². The predicted molar refractivity (Wildman–Crippen MR) is 93.6 cm³/mol. The number of benzene rings is 1. The van der Waals surface area contributed by atoms with Crippen LogP contribution in [-0.2, 0) is 13.1 Å². The molecule has 0 radical (unpaired) electrons. The number of furan rings is 1. The molecule has 1 aliphatic heterocycles. The van der Waals surface area contributed by atoms with Crippen LogP contribution in [0.15, 0.2) is 41.0 Å². The number of rotatable bonds is 5. The molecule has 1 saturated heterocycles. The second kappa shape index (κ2) is 7.68. The summed E-state index contributed by atoms with van der Waals surface area (Å²) in [5, 5.41) is 2.91. The molecule has 0 aliphatic carbocycles. The van der Waals surface area contributed by atoms with E-state index < -0.39 is 0 Å². The van der Waals surface area contributed by atoms with E-state index in [1.165, 1.54) is 23.3 Å². The highest BCUT2D eigenvalue weighted by Gasteiger charge is 2.12. The summed E-state index contributed by atoms with van der Waals surface area (Å²) in [6.07, 6.45) is 1.44. The van der Waals surface area contributed by atoms with E-state index in [2.05, 4.69) is 16.3 Å². The molecule has 3 rings (SSSR count). The summed E-state index contributed by atoms with van der Waals surface area (Å²) >= 11 is 2.01. The van der Waals surface area contributed by atoms with Crippen LogP contribution in [-0.4, -0.2) is 35.4 Å². The maximum absolute atomic E-state index is 12.2. The van der Waals surface area contributed by atoms with Crippen molar-refractivity contribution in [2.75, 3.05) is 29.9 Å². The highest BCUT2D eigenvalue weighted by molar-refractivity contribution is 7.99. The van der Waals surface area contributed by atoms with Gasteiger partial charge in [-0.1, -0.05) is 12.1 Å². The molecule has 0 bridgehead atoms. The number of hydrogen-bond acceptors (Lipinski definition) is 5. The van der Waals surface area contributed by atoms with Crippen LogP contribution >= 0.6 is 11.8 Å². The van der Waals surface area contributed by atoms with Crippen LogP contribution < -0.4 is 11.1 Å². The van der Waals surface area contributed by atoms with Gasteiger partial charge < -0.3 is 15.5 Å². The van der Waals surface area contributed by atoms with E-state index in [0.29, 0.717) is 11.3 Å². The first-order valence-electron chi connectivity index (χ1n) is 7.72. The Morgan fingerprint density at radius 3 is 2.87 bits per heavy atom. The number of hydrogen-bond donors (Lipinski definition) is 2. The van der Waals surface area contributed by atoms with Crippen molar-refractivity contribution >= 4 is 23.4 Å². The van der Waals surface area contributed by atoms with Gasteiger partial charge in [0.05, 0.1) is 12.1 Å². The van der Waals surface area contributed by atoms with Crippen LogP contribution in [0.25, 0.3) is 0 Å². The molecular weight excluding hydrogens is 310 g/mol. The van der Waals surface area contributed by atoms with Gasteiger partial charge in [0.15, 0.2) is 0 Å². The minimum atomic E-state index is -0.181. The number of amides is 1. The van der Waals surface area contributed by atoms with Crippen molar-refractivity contribution in [1.29, 1.82) is 0 Å². The van der Waals surface area contributed by atoms with Gasteiger partial charge in [-0.3, -0.25) is 9.69 Å². The number of thioether (sulfide) groups is 1. The number of nitrogens with two attached hydrogens (primary N) is 1. The maximum atomic E-state index is 12.2. The summed E-state index contributed by atoms with van der Waals surface area (Å²) in [5.74, 6) is 2.81. The molecule has 1 aromatic heterocycles. The van der Waals surface area contributed by atoms with Crippen LogP contribution in [0.4, 0.5) is 5.69 Å². The Morgan fingerprint density at radius 2 is 2.13 bits per heavy atom. The summed E-state index contributed by atoms with van der Waals surface area (Å²) in [7, 11) is 0. The molecule has 3 N–H and O–H groups in total. The molecule has 1 fully saturated rings. The Hall–Kier alpha value is -1.76. The smallest absolute Gasteiger partial charge is 0.258 e. The van der Waals surface area contributed by atoms with Crippen molar-refractivity contribution in [1.82, 2.24) is 4.90 Å². The number of nitrogens with zero attached hydrogens (tertiary/aromatic N) is 1. The lowest BCUT2D eigenvalue weighted by atomic mass is 10.1. The fourth-order valence-electron chi connectivity index (χ4n) is 2.57. The molecular formula is C17H21N3O2S. The van der Waals surface area contributed by atoms with Crippen LogP contribution in [0.1, 0.15) is 21.7 Å². The van der Waals surface area contributed by atoms with Crippen molar-refractivity contribution in [3.8, 4) is 0 Å². The van der Waals surface area contributed by atoms with Gasteiger partial charge in [-0.05, 0) is 23.8 Å². The van der Waals surface area contributed by atoms with Crippen LogP contribution in [0.2, 0.25) is 0 Å². The SMILES string of the molecule is NCc1cc(C(=O)Nc2cccc(CN3CCSCC3)c2)co1. The molecule has 6 heteroatoms. The lowest BCUT2D eigenvalue weighted by Gasteiger charge is -2.26. The van der Waals surface area contributed by atoms with Gasteiger partial charge in [-0.25, -0.2) is 0 Å². The van der Waals surface area contributed by atoms with Crippen LogP contribution in [0, 0.1) is 0 Å². The van der Waals surface area contributed by atoms with Crippen molar-refractivity contribution in [3.63, 3.8) is 0 Å². The van der Waals surface area contributed by atoms with E-state index in [0.717, 1.165) is 25.3 Å². The molecule has 0 saturated carbocycles. The molecule has 1 aromatic carbocycles. The number of nitrogens with one attached hydrogen (secondary N) is 1. The third kappa shape index (κ3) is 4.37. The average molecular weight is 331 g/mol. The van der Waals surface area contributed by atoms with E-state index in [-0.39, 0.29) is 12.5 Å². The minimum absolute atomic E-state index is 0.181. The van der Waals surface area contributed by atoms with E-state index in [1.54, 1.807) is 6.07 Å². The number of carbonyl (C=O) groups is 1. The van der Waals surface area contributed by atoms with Gasteiger partial charge in [0.1, 0.15) is 12.0 Å². The zero-order valence-electron chi connectivity index (χ0n) is 13.0. The van der Waals surface area contributed by atoms with Gasteiger partial charge in [0.2, 0.25) is 0 Å². The first kappa shape index (κ1) is 16.1. The quantitative estimate of drug-likeness (QED) is 0.881. The van der Waals surface area contributed by atoms with E-state index >= 15 is 0 Å². The molecule has 0 spiro atoms. The van der Waals surface area contributed by atoms with E-state index in [9.17, 15) is 4.79 Å². The standard InChI is InChI=1S/C17H21N3O2S/c18-10-16-9-14(12-22-16)17(21)19-15-3-1-2-13(8-15)11-20-4-6-23-7-5-20/h1-3,8-9,12H,4-7,10-11,18H2,(H,19,21). The summed E-state index contributed by atoms with van der Waals surface area (Å²) in [6, 6.07) is 9.68. The molecule has 2 heterocycles. The van der Waals surface area contributed by atoms with Crippen LogP contribution in [0.3, 0.4) is 0 Å². The Kier molecular flexibility index (Phi) is 5.38. The summed E-state index contributed by atoms with van der Waals surface area (Å²) in [6.45, 7) is 3.46. The fourth-order valence-corrected chi connectivity index (χ4v) is 3.55. The van der Waals surface area contributed by atoms with Gasteiger partial charge >= 0.3 is 0 Å². The molecule has 0 unspecified atom stereocenters. The molecule has 5 nitrogen and oxygen atoms in total. The van der Waals surface area contributed by atoms with Gasteiger partial charge in [0, 0.05) is 36.8 Å². The van der Waals surface area contributed by atoms with Crippen molar-refractivity contribution in [2.45, 2.75) is 13.1 Å². The zero-order chi connectivity index (χ0) is 16.1. The third-order valence-electron chi connectivity index (χ3n) is 3.81. The zero-order valence-corrected chi connectivity index (χ0v) is 13.8. The molecule has 0 atom stereocenters. The second-order valence-electron chi connectivity index (χ2n) is 5.55. The van der Waals surface area contributed by atoms with E-state index in [4.69, 9.17) is 10.2 Å². The highest BCUT2D eigenvalue weighted by Crippen LogP contribution is 2.17. The second-order valence-corrected chi connectivity index (χ2v) is 6.77. The Balaban J connectivity index is 1.63. The Labute approximate surface area is 140 Å². The molecule has 1 amide bonds. The number of anilines is 1. The normalized spacial score (nSPS) is 15.5. The fraction of sp³-hybridized carbons (Fsp3) is 0.353. The molecule has 2 aromatic rings. The van der Waals surface area contributed by atoms with Crippen molar-refractivity contribution in [3.05, 3.63) is 53.5 Å². The average Bonchev–Trinajstić information content (AvgIpc) is 3.05. The highest BCUT2D eigenvalue weighted by atomic mass is 32.2. The Bertz CT molecular complexity index is 665. The lowest BCUT2D eigenvalue weighted by Crippen LogP contribution is -2.31. The molecule has 23 heavy (non-hydrogen) atoms. The van der Waals surface area contributed by atoms with Crippen molar-refractivity contribution in [2.24, 2.45) is 5.73 Å². The lowest BCUT2D eigenvalue weighted by molar-refractivity contribution is 0.102. The first-order chi connectivity index (χ1) is 11.2. The maximum Gasteiger partial charge on any atom is 0.258 e. The third-order valence-corrected chi connectivity index (χ3v) is 4.75. The number of carbonyl (C=O) groups excluding carboxylic acids is 1. The van der Waals surface area contributed by atoms with E-state index in [1.807, 2.05) is 30.0 Å². The van der Waals surface area contributed by atoms with Gasteiger partial charge in [-0.15, -0.1) is 0 Å². The first-order valence-corrected chi connectivity index (χ1v) is 8.88. The Morgan fingerprint density at radius 1 is 1.30 bits per heavy atom. The largest absolute Gasteiger partial charge is 0.467 e. The summed E-state index contributed by atoms with van der Waals surface area (Å²) in [5.41, 5.74) is 8.00.